The van der Waals surface area contributed by atoms with Crippen LogP contribution in [0, 0.1) is 5.41 Å². The maximum absolute atomic E-state index is 7.49. The second-order valence-electron chi connectivity index (χ2n) is 4.24. The Labute approximate surface area is 114 Å². The van der Waals surface area contributed by atoms with Crippen LogP contribution in [-0.4, -0.2) is 37.9 Å². The van der Waals surface area contributed by atoms with Crippen LogP contribution < -0.4 is 10.6 Å². The molecule has 2 heterocycles. The van der Waals surface area contributed by atoms with Gasteiger partial charge in [-0.15, -0.1) is 5.10 Å². The monoisotopic (exact) mass is 268 g/mol. The Balaban J connectivity index is 2.08. The lowest BCUT2D eigenvalue weighted by Gasteiger charge is -2.19. The minimum absolute atomic E-state index is 0.0269. The number of tetrazole rings is 1. The summed E-state index contributed by atoms with van der Waals surface area (Å²) in [7, 11) is 1.87. The highest BCUT2D eigenvalue weighted by molar-refractivity contribution is 5.96. The van der Waals surface area contributed by atoms with E-state index in [1.165, 1.54) is 0 Å². The summed E-state index contributed by atoms with van der Waals surface area (Å²) in [6.45, 7) is 0. The number of rotatable bonds is 3. The molecule has 0 bridgehead atoms. The number of fused-ring (bicyclic) bond motifs is 1. The van der Waals surface area contributed by atoms with E-state index in [0.29, 0.717) is 17.0 Å². The molecule has 2 aromatic heterocycles. The SMILES string of the molecule is CN(c1cccc(C(=N)N)c1)c1cncc2nnnn12. The van der Waals surface area contributed by atoms with E-state index in [1.54, 1.807) is 23.0 Å². The van der Waals surface area contributed by atoms with Crippen molar-refractivity contribution in [1.29, 1.82) is 5.41 Å². The minimum atomic E-state index is 0.0269. The number of aromatic nitrogens is 5. The van der Waals surface area contributed by atoms with Crippen molar-refractivity contribution in [2.75, 3.05) is 11.9 Å². The molecule has 0 aliphatic heterocycles. The fraction of sp³-hybridized carbons (Fsp3) is 0.0833. The van der Waals surface area contributed by atoms with Crippen molar-refractivity contribution in [2.24, 2.45) is 5.73 Å². The van der Waals surface area contributed by atoms with Crippen LogP contribution in [0.3, 0.4) is 0 Å². The summed E-state index contributed by atoms with van der Waals surface area (Å²) in [6.07, 6.45) is 3.26. The van der Waals surface area contributed by atoms with Gasteiger partial charge in [0.2, 0.25) is 0 Å². The zero-order valence-corrected chi connectivity index (χ0v) is 10.7. The molecule has 3 rings (SSSR count). The first-order chi connectivity index (χ1) is 9.66. The van der Waals surface area contributed by atoms with Crippen molar-refractivity contribution < 1.29 is 0 Å². The van der Waals surface area contributed by atoms with Gasteiger partial charge in [0.1, 0.15) is 5.84 Å². The number of benzene rings is 1. The molecule has 0 atom stereocenters. The number of hydrogen-bond donors (Lipinski definition) is 2. The number of nitrogen functional groups attached to an aromatic ring is 1. The molecule has 3 N–H and O–H groups in total. The Morgan fingerprint density at radius 1 is 1.35 bits per heavy atom. The molecule has 0 radical (unpaired) electrons. The number of nitrogens with one attached hydrogen (secondary N) is 1. The van der Waals surface area contributed by atoms with E-state index in [1.807, 2.05) is 30.1 Å². The summed E-state index contributed by atoms with van der Waals surface area (Å²) >= 11 is 0. The van der Waals surface area contributed by atoms with Gasteiger partial charge in [-0.3, -0.25) is 10.4 Å². The molecule has 8 heteroatoms. The van der Waals surface area contributed by atoms with Crippen LogP contribution >= 0.6 is 0 Å². The fourth-order valence-electron chi connectivity index (χ4n) is 1.91. The predicted octanol–water partition coefficient (Wildman–Crippen LogP) is 0.571. The van der Waals surface area contributed by atoms with Crippen LogP contribution in [0.15, 0.2) is 36.7 Å². The average molecular weight is 268 g/mol. The average Bonchev–Trinajstić information content (AvgIpc) is 2.95. The van der Waals surface area contributed by atoms with Gasteiger partial charge < -0.3 is 10.6 Å². The van der Waals surface area contributed by atoms with E-state index in [-0.39, 0.29) is 5.84 Å². The molecule has 0 spiro atoms. The van der Waals surface area contributed by atoms with Crippen LogP contribution in [0.2, 0.25) is 0 Å². The lowest BCUT2D eigenvalue weighted by molar-refractivity contribution is 0.813. The quantitative estimate of drug-likeness (QED) is 0.531. The van der Waals surface area contributed by atoms with E-state index in [9.17, 15) is 0 Å². The lowest BCUT2D eigenvalue weighted by Crippen LogP contribution is -2.16. The highest BCUT2D eigenvalue weighted by atomic mass is 15.5. The largest absolute Gasteiger partial charge is 0.384 e. The Hall–Kier alpha value is -3.03. The van der Waals surface area contributed by atoms with Crippen LogP contribution in [0.25, 0.3) is 5.65 Å². The molecular weight excluding hydrogens is 256 g/mol. The highest BCUT2D eigenvalue weighted by Crippen LogP contribution is 2.23. The van der Waals surface area contributed by atoms with Crippen LogP contribution in [0.1, 0.15) is 5.56 Å². The third kappa shape index (κ3) is 1.92. The minimum Gasteiger partial charge on any atom is -0.384 e. The maximum Gasteiger partial charge on any atom is 0.199 e. The summed E-state index contributed by atoms with van der Waals surface area (Å²) in [5.41, 5.74) is 7.60. The molecule has 0 saturated heterocycles. The Kier molecular flexibility index (Phi) is 2.75. The maximum atomic E-state index is 7.49. The van der Waals surface area contributed by atoms with E-state index >= 15 is 0 Å². The number of nitrogens with two attached hydrogens (primary N) is 1. The van der Waals surface area contributed by atoms with E-state index in [4.69, 9.17) is 11.1 Å². The molecule has 1 aromatic carbocycles. The summed E-state index contributed by atoms with van der Waals surface area (Å²) in [6, 6.07) is 7.37. The second-order valence-corrected chi connectivity index (χ2v) is 4.24. The molecule has 3 aromatic rings. The van der Waals surface area contributed by atoms with Gasteiger partial charge in [-0.1, -0.05) is 12.1 Å². The van der Waals surface area contributed by atoms with Crippen molar-refractivity contribution in [3.05, 3.63) is 42.2 Å². The Morgan fingerprint density at radius 3 is 3.00 bits per heavy atom. The zero-order chi connectivity index (χ0) is 14.1. The molecule has 0 amide bonds. The third-order valence-corrected chi connectivity index (χ3v) is 2.98. The summed E-state index contributed by atoms with van der Waals surface area (Å²) in [5, 5.41) is 18.9. The molecule has 0 unspecified atom stereocenters. The summed E-state index contributed by atoms with van der Waals surface area (Å²) in [4.78, 5) is 6.00. The first kappa shape index (κ1) is 12.0. The first-order valence-corrected chi connectivity index (χ1v) is 5.87. The third-order valence-electron chi connectivity index (χ3n) is 2.98. The second kappa shape index (κ2) is 4.57. The molecule has 0 saturated carbocycles. The van der Waals surface area contributed by atoms with Gasteiger partial charge in [-0.05, 0) is 22.6 Å². The van der Waals surface area contributed by atoms with Crippen molar-refractivity contribution in [1.82, 2.24) is 25.0 Å². The van der Waals surface area contributed by atoms with Gasteiger partial charge in [0.05, 0.1) is 12.4 Å². The smallest absolute Gasteiger partial charge is 0.199 e. The molecular formula is C12H12N8. The molecule has 0 aliphatic carbocycles. The molecule has 8 nitrogen and oxygen atoms in total. The number of anilines is 2. The van der Waals surface area contributed by atoms with E-state index in [0.717, 1.165) is 5.69 Å². The first-order valence-electron chi connectivity index (χ1n) is 5.87. The van der Waals surface area contributed by atoms with Crippen molar-refractivity contribution in [2.45, 2.75) is 0 Å². The molecule has 0 fully saturated rings. The Morgan fingerprint density at radius 2 is 2.20 bits per heavy atom. The zero-order valence-electron chi connectivity index (χ0n) is 10.7. The summed E-state index contributed by atoms with van der Waals surface area (Å²) < 4.78 is 1.59. The van der Waals surface area contributed by atoms with Gasteiger partial charge in [0, 0.05) is 18.3 Å². The topological polar surface area (TPSA) is 109 Å². The van der Waals surface area contributed by atoms with Gasteiger partial charge >= 0.3 is 0 Å². The van der Waals surface area contributed by atoms with Gasteiger partial charge in [0.15, 0.2) is 11.5 Å². The Bertz CT molecular complexity index is 778. The fourth-order valence-corrected chi connectivity index (χ4v) is 1.91. The lowest BCUT2D eigenvalue weighted by atomic mass is 10.2. The number of amidine groups is 1. The molecule has 100 valence electrons. The van der Waals surface area contributed by atoms with Gasteiger partial charge in [-0.2, -0.15) is 4.52 Å². The van der Waals surface area contributed by atoms with Crippen molar-refractivity contribution >= 4 is 23.0 Å². The molecule has 0 aliphatic rings. The van der Waals surface area contributed by atoms with Crippen molar-refractivity contribution in [3.8, 4) is 0 Å². The van der Waals surface area contributed by atoms with E-state index in [2.05, 4.69) is 20.5 Å². The molecule has 20 heavy (non-hydrogen) atoms. The highest BCUT2D eigenvalue weighted by Gasteiger charge is 2.11. The van der Waals surface area contributed by atoms with Gasteiger partial charge in [-0.25, -0.2) is 0 Å². The standard InChI is InChI=1S/C12H12N8/c1-19(9-4-2-3-8(5-9)12(13)14)11-7-15-6-10-16-17-18-20(10)11/h2-7H,1H3,(H3,13,14). The number of hydrogen-bond acceptors (Lipinski definition) is 6. The van der Waals surface area contributed by atoms with Crippen LogP contribution in [-0.2, 0) is 0 Å². The van der Waals surface area contributed by atoms with E-state index < -0.39 is 0 Å². The van der Waals surface area contributed by atoms with Crippen LogP contribution in [0.4, 0.5) is 11.5 Å². The summed E-state index contributed by atoms with van der Waals surface area (Å²) in [5.74, 6) is 0.743. The van der Waals surface area contributed by atoms with Gasteiger partial charge in [0.25, 0.3) is 0 Å². The predicted molar refractivity (Wildman–Crippen MR) is 74.1 cm³/mol. The van der Waals surface area contributed by atoms with Crippen molar-refractivity contribution in [3.63, 3.8) is 0 Å². The normalized spacial score (nSPS) is 10.7. The van der Waals surface area contributed by atoms with Crippen LogP contribution in [0.5, 0.6) is 0 Å². The number of nitrogens with zero attached hydrogens (tertiary/aromatic N) is 6.